The number of aliphatic hydroxyl groups excluding tert-OH is 1. The molecule has 0 aromatic heterocycles. The summed E-state index contributed by atoms with van der Waals surface area (Å²) in [5.74, 6) is 4.34. The summed E-state index contributed by atoms with van der Waals surface area (Å²) in [7, 11) is 0. The molecule has 2 rings (SSSR count). The van der Waals surface area contributed by atoms with Gasteiger partial charge in [0.1, 0.15) is 18.0 Å². The molecule has 1 aliphatic rings. The maximum atomic E-state index is 13.2. The molecule has 1 unspecified atom stereocenters. The molecule has 20 heavy (non-hydrogen) atoms. The first-order chi connectivity index (χ1) is 9.55. The van der Waals surface area contributed by atoms with Crippen molar-refractivity contribution in [2.75, 3.05) is 18.5 Å². The Balaban J connectivity index is 2.22. The standard InChI is InChI=1S/C15H16FNO3/c1-15(7-3-9-20-15)14(19)17-13-6-5-12(16)10-11(13)4-2-8-18/h5-6,10,18H,3,7-9H2,1H3,(H,17,19). The lowest BCUT2D eigenvalue weighted by atomic mass is 10.0. The maximum Gasteiger partial charge on any atom is 0.256 e. The predicted octanol–water partition coefficient (Wildman–Crippen LogP) is 1.68. The molecule has 106 valence electrons. The number of hydrogen-bond acceptors (Lipinski definition) is 3. The highest BCUT2D eigenvalue weighted by Crippen LogP contribution is 2.27. The first-order valence-electron chi connectivity index (χ1n) is 6.40. The van der Waals surface area contributed by atoms with Gasteiger partial charge in [-0.25, -0.2) is 4.39 Å². The number of rotatable bonds is 2. The Hall–Kier alpha value is -1.90. The number of benzene rings is 1. The smallest absolute Gasteiger partial charge is 0.256 e. The van der Waals surface area contributed by atoms with Crippen molar-refractivity contribution in [3.8, 4) is 11.8 Å². The highest BCUT2D eigenvalue weighted by Gasteiger charge is 2.37. The van der Waals surface area contributed by atoms with Gasteiger partial charge in [0.2, 0.25) is 0 Å². The Morgan fingerprint density at radius 3 is 3.05 bits per heavy atom. The molecule has 0 spiro atoms. The van der Waals surface area contributed by atoms with E-state index >= 15 is 0 Å². The zero-order valence-corrected chi connectivity index (χ0v) is 11.2. The van der Waals surface area contributed by atoms with E-state index in [2.05, 4.69) is 17.2 Å². The second-order valence-corrected chi connectivity index (χ2v) is 4.79. The number of carbonyl (C=O) groups is 1. The predicted molar refractivity (Wildman–Crippen MR) is 72.6 cm³/mol. The topological polar surface area (TPSA) is 58.6 Å². The molecular formula is C15H16FNO3. The number of anilines is 1. The van der Waals surface area contributed by atoms with E-state index in [1.165, 1.54) is 18.2 Å². The summed E-state index contributed by atoms with van der Waals surface area (Å²) in [5.41, 5.74) is -0.112. The van der Waals surface area contributed by atoms with E-state index in [4.69, 9.17) is 9.84 Å². The third kappa shape index (κ3) is 3.16. The second kappa shape index (κ2) is 6.04. The van der Waals surface area contributed by atoms with Gasteiger partial charge in [0.05, 0.1) is 11.3 Å². The van der Waals surface area contributed by atoms with Crippen molar-refractivity contribution in [3.63, 3.8) is 0 Å². The fourth-order valence-electron chi connectivity index (χ4n) is 2.08. The van der Waals surface area contributed by atoms with Crippen LogP contribution < -0.4 is 5.32 Å². The van der Waals surface area contributed by atoms with Crippen LogP contribution >= 0.6 is 0 Å². The van der Waals surface area contributed by atoms with Crippen LogP contribution in [0.15, 0.2) is 18.2 Å². The minimum absolute atomic E-state index is 0.270. The molecule has 0 aliphatic carbocycles. The van der Waals surface area contributed by atoms with E-state index in [0.29, 0.717) is 24.3 Å². The van der Waals surface area contributed by atoms with Crippen molar-refractivity contribution in [2.45, 2.75) is 25.4 Å². The van der Waals surface area contributed by atoms with Gasteiger partial charge in [0, 0.05) is 6.61 Å². The number of nitrogens with one attached hydrogen (secondary N) is 1. The molecule has 5 heteroatoms. The van der Waals surface area contributed by atoms with Crippen molar-refractivity contribution in [1.29, 1.82) is 0 Å². The Bertz CT molecular complexity index is 568. The van der Waals surface area contributed by atoms with Crippen LogP contribution in [0, 0.1) is 17.7 Å². The monoisotopic (exact) mass is 277 g/mol. The molecule has 1 aromatic carbocycles. The summed E-state index contributed by atoms with van der Waals surface area (Å²) in [6.45, 7) is 1.97. The molecule has 1 aromatic rings. The highest BCUT2D eigenvalue weighted by molar-refractivity contribution is 5.98. The molecule has 1 atom stereocenters. The van der Waals surface area contributed by atoms with Crippen LogP contribution in [-0.2, 0) is 9.53 Å². The van der Waals surface area contributed by atoms with Gasteiger partial charge in [-0.15, -0.1) is 0 Å². The van der Waals surface area contributed by atoms with E-state index in [1.54, 1.807) is 6.92 Å². The Morgan fingerprint density at radius 2 is 2.40 bits per heavy atom. The molecule has 1 saturated heterocycles. The zero-order valence-electron chi connectivity index (χ0n) is 11.2. The van der Waals surface area contributed by atoms with Crippen molar-refractivity contribution >= 4 is 11.6 Å². The molecule has 1 heterocycles. The molecule has 0 saturated carbocycles. The maximum absolute atomic E-state index is 13.2. The fraction of sp³-hybridized carbons (Fsp3) is 0.400. The third-order valence-corrected chi connectivity index (χ3v) is 3.23. The van der Waals surface area contributed by atoms with Gasteiger partial charge in [-0.2, -0.15) is 0 Å². The molecule has 2 N–H and O–H groups in total. The molecule has 1 amide bonds. The number of ether oxygens (including phenoxy) is 1. The van der Waals surface area contributed by atoms with Crippen LogP contribution in [0.2, 0.25) is 0 Å². The average molecular weight is 277 g/mol. The van der Waals surface area contributed by atoms with Crippen molar-refractivity contribution in [2.24, 2.45) is 0 Å². The van der Waals surface area contributed by atoms with Crippen LogP contribution in [0.1, 0.15) is 25.3 Å². The van der Waals surface area contributed by atoms with Gasteiger partial charge in [-0.05, 0) is 38.0 Å². The van der Waals surface area contributed by atoms with Crippen molar-refractivity contribution in [3.05, 3.63) is 29.6 Å². The summed E-state index contributed by atoms with van der Waals surface area (Å²) in [5, 5.41) is 11.4. The number of carbonyl (C=O) groups excluding carboxylic acids is 1. The molecule has 4 nitrogen and oxygen atoms in total. The first kappa shape index (κ1) is 14.5. The van der Waals surface area contributed by atoms with Crippen molar-refractivity contribution in [1.82, 2.24) is 0 Å². The van der Waals surface area contributed by atoms with E-state index < -0.39 is 11.4 Å². The molecule has 0 radical (unpaired) electrons. The van der Waals surface area contributed by atoms with Gasteiger partial charge in [-0.3, -0.25) is 4.79 Å². The number of hydrogen-bond donors (Lipinski definition) is 2. The Labute approximate surface area is 116 Å². The molecular weight excluding hydrogens is 261 g/mol. The number of halogens is 1. The first-order valence-corrected chi connectivity index (χ1v) is 6.40. The quantitative estimate of drug-likeness (QED) is 0.809. The van der Waals surface area contributed by atoms with Crippen LogP contribution in [0.5, 0.6) is 0 Å². The molecule has 1 fully saturated rings. The minimum Gasteiger partial charge on any atom is -0.384 e. The van der Waals surface area contributed by atoms with E-state index in [9.17, 15) is 9.18 Å². The van der Waals surface area contributed by atoms with Crippen LogP contribution in [0.25, 0.3) is 0 Å². The van der Waals surface area contributed by atoms with E-state index in [0.717, 1.165) is 6.42 Å². The van der Waals surface area contributed by atoms with Crippen molar-refractivity contribution < 1.29 is 19.0 Å². The van der Waals surface area contributed by atoms with E-state index in [-0.39, 0.29) is 12.5 Å². The fourth-order valence-corrected chi connectivity index (χ4v) is 2.08. The molecule has 1 aliphatic heterocycles. The third-order valence-electron chi connectivity index (χ3n) is 3.23. The summed E-state index contributed by atoms with van der Waals surface area (Å²) in [4.78, 5) is 12.2. The van der Waals surface area contributed by atoms with Crippen LogP contribution in [0.4, 0.5) is 10.1 Å². The number of aliphatic hydroxyl groups is 1. The SMILES string of the molecule is CC1(C(=O)Nc2ccc(F)cc2C#CCO)CCCO1. The Kier molecular flexibility index (Phi) is 4.38. The summed E-state index contributed by atoms with van der Waals surface area (Å²) < 4.78 is 18.7. The van der Waals surface area contributed by atoms with Gasteiger partial charge in [0.25, 0.3) is 5.91 Å². The average Bonchev–Trinajstić information content (AvgIpc) is 2.87. The van der Waals surface area contributed by atoms with Crippen LogP contribution in [-0.4, -0.2) is 29.8 Å². The van der Waals surface area contributed by atoms with E-state index in [1.807, 2.05) is 0 Å². The summed E-state index contributed by atoms with van der Waals surface area (Å²) >= 11 is 0. The summed E-state index contributed by atoms with van der Waals surface area (Å²) in [6, 6.07) is 3.92. The van der Waals surface area contributed by atoms with Crippen LogP contribution in [0.3, 0.4) is 0 Å². The van der Waals surface area contributed by atoms with Gasteiger partial charge >= 0.3 is 0 Å². The lowest BCUT2D eigenvalue weighted by Crippen LogP contribution is -2.39. The van der Waals surface area contributed by atoms with Gasteiger partial charge in [0.15, 0.2) is 0 Å². The Morgan fingerprint density at radius 1 is 1.60 bits per heavy atom. The minimum atomic E-state index is -0.851. The zero-order chi connectivity index (χ0) is 14.6. The lowest BCUT2D eigenvalue weighted by molar-refractivity contribution is -0.133. The second-order valence-electron chi connectivity index (χ2n) is 4.79. The largest absolute Gasteiger partial charge is 0.384 e. The normalized spacial score (nSPS) is 21.1. The highest BCUT2D eigenvalue weighted by atomic mass is 19.1. The summed E-state index contributed by atoms with van der Waals surface area (Å²) in [6.07, 6.45) is 1.49. The lowest BCUT2D eigenvalue weighted by Gasteiger charge is -2.22. The van der Waals surface area contributed by atoms with Gasteiger partial charge in [-0.1, -0.05) is 11.8 Å². The number of amides is 1. The van der Waals surface area contributed by atoms with Gasteiger partial charge < -0.3 is 15.2 Å². The molecule has 0 bridgehead atoms.